The molecule has 40 heavy (non-hydrogen) atoms. The molecule has 2 aliphatic rings. The number of carbonyl (C=O) groups excluding carboxylic acids is 1. The molecule has 0 bridgehead atoms. The number of aliphatic imine (C=N–C) groups is 1. The zero-order valence-electron chi connectivity index (χ0n) is 21.4. The molecule has 1 aromatic heterocycles. The fraction of sp³-hybridized carbons (Fsp3) is 0.172. The van der Waals surface area contributed by atoms with Crippen molar-refractivity contribution in [2.45, 2.75) is 4.90 Å². The zero-order valence-corrected chi connectivity index (χ0v) is 23.7. The Morgan fingerprint density at radius 1 is 0.800 bits per heavy atom. The van der Waals surface area contributed by atoms with Crippen LogP contribution in [0, 0.1) is 0 Å². The van der Waals surface area contributed by atoms with Gasteiger partial charge in [0.1, 0.15) is 0 Å². The van der Waals surface area contributed by atoms with Crippen molar-refractivity contribution in [2.24, 2.45) is 4.99 Å². The Bertz CT molecular complexity index is 1770. The molecule has 8 nitrogen and oxygen atoms in total. The first-order valence-electron chi connectivity index (χ1n) is 12.6. The van der Waals surface area contributed by atoms with Crippen LogP contribution in [0.2, 0.25) is 10.0 Å². The van der Waals surface area contributed by atoms with Crippen LogP contribution < -0.4 is 0 Å². The molecule has 204 valence electrons. The standard InChI is InChI=1S/C29H24Cl2N4O4S/c1-34-12-14-35(15-13-34)40(38,39)21-9-6-18(7-10-21)17-2-4-19(5-3-17)26-24-25(29(37)32-26)27(33-28(24)36)20-8-11-22(30)23(31)16-20/h2-11,16,33,36H,12-15H2,1H3. The monoisotopic (exact) mass is 594 g/mol. The Balaban J connectivity index is 1.25. The van der Waals surface area contributed by atoms with Crippen molar-refractivity contribution in [3.05, 3.63) is 93.5 Å². The summed E-state index contributed by atoms with van der Waals surface area (Å²) in [5, 5.41) is 11.4. The van der Waals surface area contributed by atoms with E-state index in [-0.39, 0.29) is 16.3 Å². The van der Waals surface area contributed by atoms with E-state index in [9.17, 15) is 18.3 Å². The maximum Gasteiger partial charge on any atom is 0.280 e. The van der Waals surface area contributed by atoms with E-state index >= 15 is 0 Å². The molecule has 6 rings (SSSR count). The molecule has 2 N–H and O–H groups in total. The number of hydrogen-bond donors (Lipinski definition) is 2. The molecule has 3 heterocycles. The van der Waals surface area contributed by atoms with Crippen LogP contribution >= 0.6 is 23.2 Å². The average molecular weight is 596 g/mol. The summed E-state index contributed by atoms with van der Waals surface area (Å²) in [7, 11) is -1.56. The van der Waals surface area contributed by atoms with E-state index in [1.165, 1.54) is 4.31 Å². The minimum absolute atomic E-state index is 0.165. The number of piperazine rings is 1. The zero-order chi connectivity index (χ0) is 28.2. The predicted octanol–water partition coefficient (Wildman–Crippen LogP) is 5.29. The molecular formula is C29H24Cl2N4O4S. The van der Waals surface area contributed by atoms with Gasteiger partial charge in [-0.1, -0.05) is 65.7 Å². The summed E-state index contributed by atoms with van der Waals surface area (Å²) in [4.78, 5) is 22.4. The number of fused-ring (bicyclic) bond motifs is 1. The SMILES string of the molecule is CN1CCN(S(=O)(=O)c2ccc(-c3ccc(C4=NC(=O)c5c(-c6ccc(Cl)c(Cl)c6)[nH]c(O)c54)cc3)cc2)CC1. The normalized spacial score (nSPS) is 16.3. The first-order chi connectivity index (χ1) is 19.1. The molecule has 1 amide bonds. The lowest BCUT2D eigenvalue weighted by molar-refractivity contribution is 0.101. The van der Waals surface area contributed by atoms with E-state index in [4.69, 9.17) is 23.2 Å². The number of H-pyrrole nitrogens is 1. The number of likely N-dealkylation sites (N-methyl/N-ethyl adjacent to an activating group) is 1. The van der Waals surface area contributed by atoms with Gasteiger partial charge in [-0.25, -0.2) is 13.4 Å². The third kappa shape index (κ3) is 4.63. The average Bonchev–Trinajstić information content (AvgIpc) is 3.48. The number of amides is 1. The first kappa shape index (κ1) is 26.7. The molecule has 1 saturated heterocycles. The fourth-order valence-electron chi connectivity index (χ4n) is 5.04. The Labute approximate surface area is 241 Å². The molecule has 0 spiro atoms. The van der Waals surface area contributed by atoms with Gasteiger partial charge in [0.25, 0.3) is 5.91 Å². The lowest BCUT2D eigenvalue weighted by Crippen LogP contribution is -2.46. The van der Waals surface area contributed by atoms with Crippen LogP contribution in [0.25, 0.3) is 22.4 Å². The number of carbonyl (C=O) groups is 1. The van der Waals surface area contributed by atoms with Gasteiger partial charge in [0.15, 0.2) is 5.88 Å². The predicted molar refractivity (Wildman–Crippen MR) is 156 cm³/mol. The molecule has 0 radical (unpaired) electrons. The number of aromatic amines is 1. The third-order valence-corrected chi connectivity index (χ3v) is 9.95. The molecule has 0 atom stereocenters. The van der Waals surface area contributed by atoms with Crippen LogP contribution in [0.4, 0.5) is 0 Å². The molecule has 2 aliphatic heterocycles. The van der Waals surface area contributed by atoms with Crippen LogP contribution in [0.3, 0.4) is 0 Å². The molecule has 3 aromatic carbocycles. The maximum absolute atomic E-state index is 13.0. The fourth-order valence-corrected chi connectivity index (χ4v) is 6.76. The minimum atomic E-state index is -3.54. The van der Waals surface area contributed by atoms with Gasteiger partial charge in [-0.15, -0.1) is 0 Å². The van der Waals surface area contributed by atoms with Crippen molar-refractivity contribution in [3.63, 3.8) is 0 Å². The smallest absolute Gasteiger partial charge is 0.280 e. The highest BCUT2D eigenvalue weighted by Gasteiger charge is 2.33. The minimum Gasteiger partial charge on any atom is -0.494 e. The molecule has 1 fully saturated rings. The van der Waals surface area contributed by atoms with Crippen molar-refractivity contribution in [1.82, 2.24) is 14.2 Å². The molecule has 0 aliphatic carbocycles. The third-order valence-electron chi connectivity index (χ3n) is 7.30. The lowest BCUT2D eigenvalue weighted by Gasteiger charge is -2.31. The number of benzene rings is 3. The van der Waals surface area contributed by atoms with Gasteiger partial charge >= 0.3 is 0 Å². The van der Waals surface area contributed by atoms with Gasteiger partial charge in [-0.05, 0) is 42.4 Å². The van der Waals surface area contributed by atoms with Crippen LogP contribution in [0.5, 0.6) is 5.88 Å². The highest BCUT2D eigenvalue weighted by molar-refractivity contribution is 7.89. The van der Waals surface area contributed by atoms with Gasteiger partial charge in [0.05, 0.1) is 37.5 Å². The number of halogens is 2. The Morgan fingerprint density at radius 2 is 1.38 bits per heavy atom. The Kier molecular flexibility index (Phi) is 6.80. The lowest BCUT2D eigenvalue weighted by atomic mass is 9.98. The van der Waals surface area contributed by atoms with E-state index < -0.39 is 15.9 Å². The summed E-state index contributed by atoms with van der Waals surface area (Å²) < 4.78 is 27.6. The number of aromatic nitrogens is 1. The van der Waals surface area contributed by atoms with E-state index in [1.807, 2.05) is 31.3 Å². The number of hydrogen-bond acceptors (Lipinski definition) is 5. The van der Waals surface area contributed by atoms with E-state index in [0.717, 1.165) is 11.1 Å². The van der Waals surface area contributed by atoms with Crippen molar-refractivity contribution in [2.75, 3.05) is 33.2 Å². The topological polar surface area (TPSA) is 106 Å². The first-order valence-corrected chi connectivity index (χ1v) is 14.8. The summed E-state index contributed by atoms with van der Waals surface area (Å²) in [5.74, 6) is -0.634. The van der Waals surface area contributed by atoms with Crippen LogP contribution in [-0.2, 0) is 10.0 Å². The van der Waals surface area contributed by atoms with Crippen LogP contribution in [-0.4, -0.2) is 72.6 Å². The Hall–Kier alpha value is -3.47. The molecule has 0 unspecified atom stereocenters. The number of aromatic hydroxyl groups is 1. The van der Waals surface area contributed by atoms with Crippen LogP contribution in [0.15, 0.2) is 76.6 Å². The summed E-state index contributed by atoms with van der Waals surface area (Å²) in [6.07, 6.45) is 0. The van der Waals surface area contributed by atoms with Gasteiger partial charge in [-0.2, -0.15) is 4.31 Å². The highest BCUT2D eigenvalue weighted by atomic mass is 35.5. The number of sulfonamides is 1. The quantitative estimate of drug-likeness (QED) is 0.326. The number of rotatable bonds is 5. The van der Waals surface area contributed by atoms with Crippen LogP contribution in [0.1, 0.15) is 21.5 Å². The number of nitrogens with zero attached hydrogens (tertiary/aromatic N) is 3. The Morgan fingerprint density at radius 3 is 2.00 bits per heavy atom. The van der Waals surface area contributed by atoms with Crippen molar-refractivity contribution < 1.29 is 18.3 Å². The summed E-state index contributed by atoms with van der Waals surface area (Å²) in [6.45, 7) is 2.36. The second kappa shape index (κ2) is 10.2. The maximum atomic E-state index is 13.0. The summed E-state index contributed by atoms with van der Waals surface area (Å²) >= 11 is 12.2. The van der Waals surface area contributed by atoms with Crippen molar-refractivity contribution in [3.8, 4) is 28.3 Å². The summed E-state index contributed by atoms with van der Waals surface area (Å²) in [5.41, 5.74) is 4.35. The highest BCUT2D eigenvalue weighted by Crippen LogP contribution is 2.39. The van der Waals surface area contributed by atoms with Gasteiger partial charge in [0.2, 0.25) is 10.0 Å². The summed E-state index contributed by atoms with van der Waals surface area (Å²) in [6, 6.07) is 19.2. The van der Waals surface area contributed by atoms with E-state index in [2.05, 4.69) is 14.9 Å². The van der Waals surface area contributed by atoms with Crippen molar-refractivity contribution in [1.29, 1.82) is 0 Å². The molecule has 0 saturated carbocycles. The molecule has 4 aromatic rings. The largest absolute Gasteiger partial charge is 0.494 e. The molecule has 11 heteroatoms. The van der Waals surface area contributed by atoms with E-state index in [1.54, 1.807) is 42.5 Å². The van der Waals surface area contributed by atoms with Gasteiger partial charge in [-0.3, -0.25) is 4.79 Å². The second-order valence-electron chi connectivity index (χ2n) is 9.80. The van der Waals surface area contributed by atoms with Crippen molar-refractivity contribution >= 4 is 44.8 Å². The van der Waals surface area contributed by atoms with Gasteiger partial charge in [0, 0.05) is 37.3 Å². The van der Waals surface area contributed by atoms with Gasteiger partial charge < -0.3 is 15.0 Å². The molecular weight excluding hydrogens is 571 g/mol. The van der Waals surface area contributed by atoms with E-state index in [0.29, 0.717) is 64.3 Å². The second-order valence-corrected chi connectivity index (χ2v) is 12.6. The number of nitrogens with one attached hydrogen (secondary N) is 1.